The van der Waals surface area contributed by atoms with Gasteiger partial charge in [0.2, 0.25) is 0 Å². The Balaban J connectivity index is 1.50. The minimum atomic E-state index is -0.00697. The number of carbonyl (C=O) groups is 1. The maximum absolute atomic E-state index is 13.1. The molecular formula is C21H29N5O2. The third-order valence-corrected chi connectivity index (χ3v) is 5.84. The normalized spacial score (nSPS) is 20.1. The van der Waals surface area contributed by atoms with Crippen LogP contribution in [0, 0.1) is 13.8 Å². The van der Waals surface area contributed by atoms with Gasteiger partial charge >= 0.3 is 0 Å². The van der Waals surface area contributed by atoms with Crippen molar-refractivity contribution < 1.29 is 9.53 Å². The van der Waals surface area contributed by atoms with Gasteiger partial charge in [0.1, 0.15) is 11.6 Å². The van der Waals surface area contributed by atoms with Crippen molar-refractivity contribution in [2.75, 3.05) is 26.7 Å². The lowest BCUT2D eigenvalue weighted by molar-refractivity contribution is -0.137. The van der Waals surface area contributed by atoms with Crippen molar-refractivity contribution in [3.8, 4) is 5.75 Å². The largest absolute Gasteiger partial charge is 0.483 e. The Kier molecular flexibility index (Phi) is 5.35. The molecule has 2 aromatic rings. The van der Waals surface area contributed by atoms with Gasteiger partial charge in [-0.3, -0.25) is 9.69 Å². The van der Waals surface area contributed by atoms with Crippen molar-refractivity contribution in [2.24, 2.45) is 0 Å². The standard InChI is InChI=1S/C21H29N5O2/c1-15-7-6-8-16(2)20(15)28-14-19(27)25-10-5-4-9-17(25)21-23-22-18-13-24(3)11-12-26(18)21/h6-8,17H,4-5,9-14H2,1-3H3/t17-/m0/s1. The highest BCUT2D eigenvalue weighted by atomic mass is 16.5. The molecule has 0 bridgehead atoms. The predicted molar refractivity (Wildman–Crippen MR) is 106 cm³/mol. The molecule has 3 heterocycles. The number of ether oxygens (including phenoxy) is 1. The second-order valence-corrected chi connectivity index (χ2v) is 7.97. The van der Waals surface area contributed by atoms with Crippen molar-refractivity contribution >= 4 is 5.91 Å². The number of aromatic nitrogens is 3. The fourth-order valence-electron chi connectivity index (χ4n) is 4.29. The molecule has 0 spiro atoms. The Labute approximate surface area is 166 Å². The Hall–Kier alpha value is -2.41. The highest BCUT2D eigenvalue weighted by molar-refractivity contribution is 5.78. The second kappa shape index (κ2) is 7.91. The predicted octanol–water partition coefficient (Wildman–Crippen LogP) is 2.47. The number of likely N-dealkylation sites (N-methyl/N-ethyl adjacent to an activating group) is 1. The summed E-state index contributed by atoms with van der Waals surface area (Å²) in [5.74, 6) is 2.77. The van der Waals surface area contributed by atoms with E-state index < -0.39 is 0 Å². The Morgan fingerprint density at radius 2 is 1.93 bits per heavy atom. The zero-order valence-corrected chi connectivity index (χ0v) is 17.0. The van der Waals surface area contributed by atoms with E-state index in [1.807, 2.05) is 36.9 Å². The number of amides is 1. The number of hydrogen-bond donors (Lipinski definition) is 0. The van der Waals surface area contributed by atoms with Crippen molar-refractivity contribution in [1.82, 2.24) is 24.6 Å². The number of hydrogen-bond acceptors (Lipinski definition) is 5. The molecule has 1 aromatic carbocycles. The number of aryl methyl sites for hydroxylation is 2. The fourth-order valence-corrected chi connectivity index (χ4v) is 4.29. The van der Waals surface area contributed by atoms with Gasteiger partial charge < -0.3 is 14.2 Å². The first-order valence-corrected chi connectivity index (χ1v) is 10.1. The number of piperidine rings is 1. The summed E-state index contributed by atoms with van der Waals surface area (Å²) in [6.45, 7) is 7.50. The summed E-state index contributed by atoms with van der Waals surface area (Å²) in [6, 6.07) is 6.02. The quantitative estimate of drug-likeness (QED) is 0.812. The van der Waals surface area contributed by atoms with Gasteiger partial charge in [0.05, 0.1) is 12.6 Å². The topological polar surface area (TPSA) is 63.5 Å². The molecule has 7 nitrogen and oxygen atoms in total. The third kappa shape index (κ3) is 3.63. The SMILES string of the molecule is Cc1cccc(C)c1OCC(=O)N1CCCC[C@H]1c1nnc2n1CCN(C)C2. The van der Waals surface area contributed by atoms with Gasteiger partial charge in [-0.2, -0.15) is 0 Å². The van der Waals surface area contributed by atoms with E-state index in [9.17, 15) is 4.79 Å². The zero-order chi connectivity index (χ0) is 19.7. The van der Waals surface area contributed by atoms with Crippen LogP contribution in [0.1, 0.15) is 48.1 Å². The van der Waals surface area contributed by atoms with Crippen LogP contribution in [0.5, 0.6) is 5.75 Å². The Morgan fingerprint density at radius 1 is 1.14 bits per heavy atom. The molecule has 4 rings (SSSR count). The number of benzene rings is 1. The van der Waals surface area contributed by atoms with Gasteiger partial charge in [-0.15, -0.1) is 10.2 Å². The monoisotopic (exact) mass is 383 g/mol. The number of carbonyl (C=O) groups excluding carboxylic acids is 1. The summed E-state index contributed by atoms with van der Waals surface area (Å²) >= 11 is 0. The first kappa shape index (κ1) is 18.9. The van der Waals surface area contributed by atoms with Gasteiger partial charge in [0, 0.05) is 19.6 Å². The summed E-state index contributed by atoms with van der Waals surface area (Å²) in [6.07, 6.45) is 3.06. The van der Waals surface area contributed by atoms with Crippen LogP contribution >= 0.6 is 0 Å². The van der Waals surface area contributed by atoms with Gasteiger partial charge in [-0.1, -0.05) is 18.2 Å². The van der Waals surface area contributed by atoms with Crippen molar-refractivity contribution in [3.63, 3.8) is 0 Å². The Morgan fingerprint density at radius 3 is 2.71 bits per heavy atom. The van der Waals surface area contributed by atoms with Crippen molar-refractivity contribution in [3.05, 3.63) is 41.0 Å². The molecule has 28 heavy (non-hydrogen) atoms. The number of fused-ring (bicyclic) bond motifs is 1. The van der Waals surface area contributed by atoms with Crippen LogP contribution in [0.2, 0.25) is 0 Å². The van der Waals surface area contributed by atoms with Crippen LogP contribution in [0.4, 0.5) is 0 Å². The summed E-state index contributed by atoms with van der Waals surface area (Å²) in [5, 5.41) is 8.88. The lowest BCUT2D eigenvalue weighted by Gasteiger charge is -2.36. The van der Waals surface area contributed by atoms with E-state index in [1.54, 1.807) is 0 Å². The molecule has 0 unspecified atom stereocenters. The summed E-state index contributed by atoms with van der Waals surface area (Å²) < 4.78 is 8.15. The highest BCUT2D eigenvalue weighted by Gasteiger charge is 2.33. The summed E-state index contributed by atoms with van der Waals surface area (Å²) in [7, 11) is 2.10. The molecule has 7 heteroatoms. The van der Waals surface area contributed by atoms with E-state index in [0.717, 1.165) is 74.0 Å². The zero-order valence-electron chi connectivity index (χ0n) is 17.0. The number of rotatable bonds is 4. The maximum Gasteiger partial charge on any atom is 0.261 e. The van der Waals surface area contributed by atoms with Crippen LogP contribution in [0.3, 0.4) is 0 Å². The smallest absolute Gasteiger partial charge is 0.261 e. The molecule has 0 radical (unpaired) electrons. The van der Waals surface area contributed by atoms with Gasteiger partial charge in [-0.05, 0) is 51.3 Å². The fraction of sp³-hybridized carbons (Fsp3) is 0.571. The minimum absolute atomic E-state index is 0.00697. The Bertz CT molecular complexity index is 842. The van der Waals surface area contributed by atoms with E-state index in [2.05, 4.69) is 26.7 Å². The third-order valence-electron chi connectivity index (χ3n) is 5.84. The number of para-hydroxylation sites is 1. The average molecular weight is 383 g/mol. The van der Waals surface area contributed by atoms with E-state index in [-0.39, 0.29) is 18.6 Å². The molecule has 2 aliphatic heterocycles. The van der Waals surface area contributed by atoms with E-state index in [1.165, 1.54) is 0 Å². The molecule has 1 saturated heterocycles. The maximum atomic E-state index is 13.1. The van der Waals surface area contributed by atoms with E-state index in [0.29, 0.717) is 0 Å². The molecule has 1 amide bonds. The first-order valence-electron chi connectivity index (χ1n) is 10.1. The van der Waals surface area contributed by atoms with Crippen LogP contribution in [-0.2, 0) is 17.9 Å². The molecular weight excluding hydrogens is 354 g/mol. The molecule has 0 saturated carbocycles. The van der Waals surface area contributed by atoms with Crippen molar-refractivity contribution in [1.29, 1.82) is 0 Å². The summed E-state index contributed by atoms with van der Waals surface area (Å²) in [4.78, 5) is 17.3. The average Bonchev–Trinajstić information content (AvgIpc) is 3.10. The van der Waals surface area contributed by atoms with Gasteiger partial charge in [-0.25, -0.2) is 0 Å². The van der Waals surface area contributed by atoms with Crippen LogP contribution in [0.25, 0.3) is 0 Å². The first-order chi connectivity index (χ1) is 13.5. The van der Waals surface area contributed by atoms with Crippen LogP contribution in [0.15, 0.2) is 18.2 Å². The molecule has 1 atom stereocenters. The summed E-state index contributed by atoms with van der Waals surface area (Å²) in [5.41, 5.74) is 2.11. The van der Waals surface area contributed by atoms with Gasteiger partial charge in [0.25, 0.3) is 5.91 Å². The second-order valence-electron chi connectivity index (χ2n) is 7.97. The number of likely N-dealkylation sites (tertiary alicyclic amines) is 1. The molecule has 0 aliphatic carbocycles. The van der Waals surface area contributed by atoms with Crippen LogP contribution < -0.4 is 4.74 Å². The molecule has 1 fully saturated rings. The molecule has 150 valence electrons. The molecule has 2 aliphatic rings. The lowest BCUT2D eigenvalue weighted by atomic mass is 10.0. The lowest BCUT2D eigenvalue weighted by Crippen LogP contribution is -2.42. The van der Waals surface area contributed by atoms with E-state index >= 15 is 0 Å². The van der Waals surface area contributed by atoms with Crippen molar-refractivity contribution in [2.45, 2.75) is 52.2 Å². The highest BCUT2D eigenvalue weighted by Crippen LogP contribution is 2.31. The van der Waals surface area contributed by atoms with Crippen LogP contribution in [-0.4, -0.2) is 57.2 Å². The number of nitrogens with zero attached hydrogens (tertiary/aromatic N) is 5. The molecule has 1 aromatic heterocycles. The minimum Gasteiger partial charge on any atom is -0.483 e. The van der Waals surface area contributed by atoms with E-state index in [4.69, 9.17) is 4.74 Å². The molecule has 0 N–H and O–H groups in total. The van der Waals surface area contributed by atoms with Gasteiger partial charge in [0.15, 0.2) is 12.4 Å².